The molecule has 0 saturated carbocycles. The Bertz CT molecular complexity index is 635. The highest BCUT2D eigenvalue weighted by Gasteiger charge is 2.48. The Hall–Kier alpha value is -2.61. The Labute approximate surface area is 138 Å². The maximum Gasteiger partial charge on any atom is 0.345 e. The minimum Gasteiger partial charge on any atom is -0.479 e. The van der Waals surface area contributed by atoms with Crippen molar-refractivity contribution in [1.29, 1.82) is 0 Å². The van der Waals surface area contributed by atoms with E-state index in [9.17, 15) is 14.4 Å². The van der Waals surface area contributed by atoms with E-state index in [1.807, 2.05) is 30.3 Å². The number of carbonyl (C=O) groups excluding carboxylic acids is 2. The van der Waals surface area contributed by atoms with Crippen molar-refractivity contribution < 1.29 is 29.1 Å². The van der Waals surface area contributed by atoms with E-state index >= 15 is 0 Å². The fourth-order valence-corrected chi connectivity index (χ4v) is 2.99. The van der Waals surface area contributed by atoms with Crippen molar-refractivity contribution in [3.8, 4) is 0 Å². The fraction of sp³-hybridized carbons (Fsp3) is 0.438. The summed E-state index contributed by atoms with van der Waals surface area (Å²) in [7, 11) is 0. The van der Waals surface area contributed by atoms with Gasteiger partial charge in [0.05, 0.1) is 6.04 Å². The zero-order valence-electron chi connectivity index (χ0n) is 13.0. The third kappa shape index (κ3) is 3.33. The first-order chi connectivity index (χ1) is 11.6. The molecule has 1 unspecified atom stereocenters. The van der Waals surface area contributed by atoms with Gasteiger partial charge in [0.2, 0.25) is 0 Å². The van der Waals surface area contributed by atoms with Crippen LogP contribution in [0.2, 0.25) is 0 Å². The predicted molar refractivity (Wildman–Crippen MR) is 80.6 cm³/mol. The molecule has 128 valence electrons. The fourth-order valence-electron chi connectivity index (χ4n) is 2.99. The molecule has 3 rings (SSSR count). The molecule has 8 nitrogen and oxygen atoms in total. The van der Waals surface area contributed by atoms with Crippen molar-refractivity contribution in [2.75, 3.05) is 13.2 Å². The van der Waals surface area contributed by atoms with Crippen molar-refractivity contribution in [1.82, 2.24) is 9.96 Å². The van der Waals surface area contributed by atoms with Gasteiger partial charge in [0.1, 0.15) is 12.6 Å². The molecule has 2 atom stereocenters. The third-order valence-electron chi connectivity index (χ3n) is 4.15. The summed E-state index contributed by atoms with van der Waals surface area (Å²) in [6, 6.07) is 7.93. The molecule has 0 spiro atoms. The highest BCUT2D eigenvalue weighted by molar-refractivity contribution is 5.85. The lowest BCUT2D eigenvalue weighted by Crippen LogP contribution is -2.45. The molecule has 1 aromatic rings. The molecule has 2 heterocycles. The van der Waals surface area contributed by atoms with Gasteiger partial charge in [-0.15, -0.1) is 0 Å². The molecule has 8 heteroatoms. The van der Waals surface area contributed by atoms with Crippen molar-refractivity contribution >= 4 is 18.0 Å². The van der Waals surface area contributed by atoms with Gasteiger partial charge in [-0.1, -0.05) is 30.3 Å². The topological polar surface area (TPSA) is 96.4 Å². The number of hydrogen-bond acceptors (Lipinski definition) is 5. The van der Waals surface area contributed by atoms with Crippen LogP contribution in [-0.2, 0) is 25.8 Å². The number of piperidine rings is 1. The van der Waals surface area contributed by atoms with Crippen LogP contribution >= 0.6 is 0 Å². The molecular formula is C16H18N2O6. The van der Waals surface area contributed by atoms with Crippen LogP contribution in [0, 0.1) is 0 Å². The van der Waals surface area contributed by atoms with Gasteiger partial charge in [-0.2, -0.15) is 5.06 Å². The number of carboxylic acids is 1. The van der Waals surface area contributed by atoms with Crippen LogP contribution in [0.15, 0.2) is 30.3 Å². The van der Waals surface area contributed by atoms with E-state index in [2.05, 4.69) is 0 Å². The Morgan fingerprint density at radius 1 is 1.21 bits per heavy atom. The summed E-state index contributed by atoms with van der Waals surface area (Å²) in [4.78, 5) is 41.6. The Morgan fingerprint density at radius 3 is 2.67 bits per heavy atom. The van der Waals surface area contributed by atoms with Crippen LogP contribution < -0.4 is 0 Å². The first-order valence-electron chi connectivity index (χ1n) is 7.71. The molecule has 0 aliphatic carbocycles. The molecule has 0 aromatic heterocycles. The van der Waals surface area contributed by atoms with E-state index in [1.165, 1.54) is 4.90 Å². The average molecular weight is 334 g/mol. The smallest absolute Gasteiger partial charge is 0.345 e. The zero-order valence-corrected chi connectivity index (χ0v) is 13.0. The van der Waals surface area contributed by atoms with Crippen LogP contribution in [0.25, 0.3) is 0 Å². The number of carbonyl (C=O) groups is 3. The molecule has 2 aliphatic rings. The van der Waals surface area contributed by atoms with E-state index in [0.29, 0.717) is 19.4 Å². The summed E-state index contributed by atoms with van der Waals surface area (Å²) in [6.07, 6.45) is 1.03. The van der Waals surface area contributed by atoms with Gasteiger partial charge < -0.3 is 14.7 Å². The van der Waals surface area contributed by atoms with E-state index in [1.54, 1.807) is 0 Å². The van der Waals surface area contributed by atoms with Crippen LogP contribution in [0.5, 0.6) is 0 Å². The van der Waals surface area contributed by atoms with Gasteiger partial charge >= 0.3 is 18.0 Å². The van der Waals surface area contributed by atoms with Crippen molar-refractivity contribution in [3.63, 3.8) is 0 Å². The molecule has 1 aromatic carbocycles. The van der Waals surface area contributed by atoms with Crippen molar-refractivity contribution in [2.24, 2.45) is 0 Å². The van der Waals surface area contributed by atoms with Crippen LogP contribution in [0.4, 0.5) is 4.79 Å². The summed E-state index contributed by atoms with van der Waals surface area (Å²) in [5.41, 5.74) is 0.874. The number of esters is 1. The standard InChI is InChI=1S/C16H18N2O6/c19-14(20)10-24-18-12-6-7-13(17(8-12)16(18)22)15(21)23-9-11-4-2-1-3-5-11/h1-5,12-13H,6-10H2,(H,19,20)/t12-,13?/m1/s1. The number of rotatable bonds is 6. The molecular weight excluding hydrogens is 316 g/mol. The molecule has 2 amide bonds. The maximum absolute atomic E-state index is 12.3. The number of ether oxygens (including phenoxy) is 1. The van der Waals surface area contributed by atoms with Gasteiger partial charge in [-0.25, -0.2) is 14.4 Å². The predicted octanol–water partition coefficient (Wildman–Crippen LogP) is 1.01. The lowest BCUT2D eigenvalue weighted by Gasteiger charge is -2.28. The minimum atomic E-state index is -1.15. The first-order valence-corrected chi connectivity index (χ1v) is 7.71. The lowest BCUT2D eigenvalue weighted by atomic mass is 10.0. The Balaban J connectivity index is 1.59. The number of urea groups is 1. The number of hydrogen-bond donors (Lipinski definition) is 1. The summed E-state index contributed by atoms with van der Waals surface area (Å²) in [5, 5.41) is 9.74. The second-order valence-electron chi connectivity index (χ2n) is 5.77. The molecule has 0 radical (unpaired) electrons. The normalized spacial score (nSPS) is 22.6. The Kier molecular flexibility index (Phi) is 4.66. The van der Waals surface area contributed by atoms with Crippen molar-refractivity contribution in [2.45, 2.75) is 31.5 Å². The molecule has 24 heavy (non-hydrogen) atoms. The number of fused-ring (bicyclic) bond motifs is 2. The molecule has 2 saturated heterocycles. The van der Waals surface area contributed by atoms with Crippen LogP contribution in [-0.4, -0.2) is 58.3 Å². The number of aliphatic carboxylic acids is 1. The summed E-state index contributed by atoms with van der Waals surface area (Å²) in [5.74, 6) is -1.61. The summed E-state index contributed by atoms with van der Waals surface area (Å²) < 4.78 is 5.31. The average Bonchev–Trinajstić information content (AvgIpc) is 2.83. The highest BCUT2D eigenvalue weighted by atomic mass is 16.7. The monoisotopic (exact) mass is 334 g/mol. The van der Waals surface area contributed by atoms with Gasteiger partial charge in [0, 0.05) is 6.54 Å². The number of nitrogens with zero attached hydrogens (tertiary/aromatic N) is 2. The quantitative estimate of drug-likeness (QED) is 0.780. The lowest BCUT2D eigenvalue weighted by molar-refractivity contribution is -0.167. The zero-order chi connectivity index (χ0) is 17.1. The second-order valence-corrected chi connectivity index (χ2v) is 5.77. The van der Waals surface area contributed by atoms with E-state index in [-0.39, 0.29) is 12.6 Å². The highest BCUT2D eigenvalue weighted by Crippen LogP contribution is 2.30. The molecule has 2 aliphatic heterocycles. The van der Waals surface area contributed by atoms with E-state index in [0.717, 1.165) is 10.6 Å². The second kappa shape index (κ2) is 6.88. The first kappa shape index (κ1) is 16.3. The maximum atomic E-state index is 12.3. The number of hydroxylamine groups is 2. The minimum absolute atomic E-state index is 0.154. The van der Waals surface area contributed by atoms with Gasteiger partial charge in [-0.3, -0.25) is 4.84 Å². The number of carboxylic acid groups (broad SMARTS) is 1. The molecule has 2 fully saturated rings. The van der Waals surface area contributed by atoms with Crippen LogP contribution in [0.1, 0.15) is 18.4 Å². The van der Waals surface area contributed by atoms with Gasteiger partial charge in [0.15, 0.2) is 6.61 Å². The van der Waals surface area contributed by atoms with Gasteiger partial charge in [0.25, 0.3) is 0 Å². The summed E-state index contributed by atoms with van der Waals surface area (Å²) >= 11 is 0. The summed E-state index contributed by atoms with van der Waals surface area (Å²) in [6.45, 7) is -0.0936. The SMILES string of the molecule is O=C(O)CON1C(=O)N2C[C@H]1CCC2C(=O)OCc1ccccc1. The largest absolute Gasteiger partial charge is 0.479 e. The molecule has 2 bridgehead atoms. The Morgan fingerprint density at radius 2 is 1.96 bits per heavy atom. The van der Waals surface area contributed by atoms with E-state index in [4.69, 9.17) is 14.7 Å². The van der Waals surface area contributed by atoms with E-state index < -0.39 is 30.6 Å². The number of amides is 2. The van der Waals surface area contributed by atoms with Crippen molar-refractivity contribution in [3.05, 3.63) is 35.9 Å². The number of benzene rings is 1. The molecule has 1 N–H and O–H groups in total. The third-order valence-corrected chi connectivity index (χ3v) is 4.15. The van der Waals surface area contributed by atoms with Crippen LogP contribution in [0.3, 0.4) is 0 Å². The van der Waals surface area contributed by atoms with Gasteiger partial charge in [-0.05, 0) is 18.4 Å².